The van der Waals surface area contributed by atoms with Crippen LogP contribution in [-0.4, -0.2) is 36.9 Å². The Morgan fingerprint density at radius 2 is 1.73 bits per heavy atom. The molecule has 2 N–H and O–H groups in total. The number of piperidine rings is 1. The smallest absolute Gasteiger partial charge is 0.253 e. The van der Waals surface area contributed by atoms with Crippen LogP contribution in [0.2, 0.25) is 0 Å². The summed E-state index contributed by atoms with van der Waals surface area (Å²) < 4.78 is 5.19. The molecule has 0 atom stereocenters. The van der Waals surface area contributed by atoms with E-state index in [-0.39, 0.29) is 5.91 Å². The van der Waals surface area contributed by atoms with Crippen molar-refractivity contribution in [3.63, 3.8) is 0 Å². The number of hydrogen-bond donors (Lipinski definition) is 1. The lowest BCUT2D eigenvalue weighted by Gasteiger charge is -2.32. The number of carbonyl (C=O) groups is 2. The Morgan fingerprint density at radius 3 is 2.35 bits per heavy atom. The van der Waals surface area contributed by atoms with Gasteiger partial charge in [-0.15, -0.1) is 0 Å². The monoisotopic (exact) mass is 352 g/mol. The normalized spacial score (nSPS) is 14.9. The first kappa shape index (κ1) is 18.0. The maximum Gasteiger partial charge on any atom is 0.253 e. The number of rotatable bonds is 5. The van der Waals surface area contributed by atoms with Crippen molar-refractivity contribution in [2.75, 3.05) is 20.2 Å². The van der Waals surface area contributed by atoms with E-state index in [2.05, 4.69) is 12.1 Å². The first-order chi connectivity index (χ1) is 12.6. The molecule has 2 aromatic carbocycles. The number of nitrogens with two attached hydrogens (primary N) is 1. The van der Waals surface area contributed by atoms with Gasteiger partial charge in [0, 0.05) is 24.2 Å². The van der Waals surface area contributed by atoms with E-state index in [4.69, 9.17) is 10.5 Å². The molecule has 5 nitrogen and oxygen atoms in total. The van der Waals surface area contributed by atoms with Crippen LogP contribution in [0.3, 0.4) is 0 Å². The van der Waals surface area contributed by atoms with Crippen LogP contribution in [0.1, 0.15) is 39.1 Å². The van der Waals surface area contributed by atoms with Crippen LogP contribution in [-0.2, 0) is 6.42 Å². The van der Waals surface area contributed by atoms with Gasteiger partial charge in [0.05, 0.1) is 7.11 Å². The number of likely N-dealkylation sites (tertiary alicyclic amines) is 1. The summed E-state index contributed by atoms with van der Waals surface area (Å²) in [5, 5.41) is 0. The molecule has 136 valence electrons. The van der Waals surface area contributed by atoms with Crippen molar-refractivity contribution in [2.45, 2.75) is 19.3 Å². The number of amides is 2. The zero-order valence-electron chi connectivity index (χ0n) is 15.0. The van der Waals surface area contributed by atoms with Crippen LogP contribution in [0, 0.1) is 5.92 Å². The summed E-state index contributed by atoms with van der Waals surface area (Å²) in [4.78, 5) is 25.8. The maximum atomic E-state index is 12.7. The largest absolute Gasteiger partial charge is 0.497 e. The molecule has 0 aromatic heterocycles. The van der Waals surface area contributed by atoms with Gasteiger partial charge in [0.15, 0.2) is 0 Å². The topological polar surface area (TPSA) is 72.6 Å². The number of nitrogens with zero attached hydrogens (tertiary/aromatic N) is 1. The second kappa shape index (κ2) is 8.04. The molecule has 2 amide bonds. The molecule has 1 heterocycles. The van der Waals surface area contributed by atoms with Crippen molar-refractivity contribution < 1.29 is 14.3 Å². The predicted octanol–water partition coefficient (Wildman–Crippen LogP) is 2.89. The highest BCUT2D eigenvalue weighted by molar-refractivity contribution is 5.99. The fourth-order valence-electron chi connectivity index (χ4n) is 3.42. The number of methoxy groups -OCH3 is 1. The van der Waals surface area contributed by atoms with Crippen molar-refractivity contribution in [1.82, 2.24) is 4.90 Å². The van der Waals surface area contributed by atoms with E-state index in [9.17, 15) is 9.59 Å². The number of carbonyl (C=O) groups excluding carboxylic acids is 2. The molecule has 0 bridgehead atoms. The van der Waals surface area contributed by atoms with E-state index in [1.807, 2.05) is 17.0 Å². The van der Waals surface area contributed by atoms with Crippen molar-refractivity contribution in [1.29, 1.82) is 0 Å². The van der Waals surface area contributed by atoms with E-state index in [1.165, 1.54) is 5.56 Å². The summed E-state index contributed by atoms with van der Waals surface area (Å²) in [7, 11) is 1.67. The number of benzene rings is 2. The van der Waals surface area contributed by atoms with Crippen LogP contribution in [0.4, 0.5) is 0 Å². The van der Waals surface area contributed by atoms with Gasteiger partial charge in [-0.25, -0.2) is 0 Å². The van der Waals surface area contributed by atoms with E-state index in [0.717, 1.165) is 38.1 Å². The molecule has 5 heteroatoms. The molecule has 1 aliphatic rings. The molecule has 0 radical (unpaired) electrons. The predicted molar refractivity (Wildman–Crippen MR) is 100 cm³/mol. The van der Waals surface area contributed by atoms with Gasteiger partial charge < -0.3 is 15.4 Å². The Balaban J connectivity index is 1.56. The zero-order valence-corrected chi connectivity index (χ0v) is 15.0. The van der Waals surface area contributed by atoms with Crippen LogP contribution in [0.15, 0.2) is 48.5 Å². The quantitative estimate of drug-likeness (QED) is 0.899. The Bertz CT molecular complexity index is 778. The van der Waals surface area contributed by atoms with E-state index >= 15 is 0 Å². The van der Waals surface area contributed by atoms with E-state index in [1.54, 1.807) is 31.4 Å². The van der Waals surface area contributed by atoms with Gasteiger partial charge in [0.2, 0.25) is 5.91 Å². The Labute approximate surface area is 153 Å². The summed E-state index contributed by atoms with van der Waals surface area (Å²) in [6.07, 6.45) is 2.98. The van der Waals surface area contributed by atoms with Crippen LogP contribution in [0.25, 0.3) is 0 Å². The molecule has 3 rings (SSSR count). The lowest BCUT2D eigenvalue weighted by molar-refractivity contribution is 0.0690. The fraction of sp³-hybridized carbons (Fsp3) is 0.333. The second-order valence-electron chi connectivity index (χ2n) is 6.73. The molecule has 2 aromatic rings. The third kappa shape index (κ3) is 4.23. The fourth-order valence-corrected chi connectivity index (χ4v) is 3.42. The molecule has 1 aliphatic heterocycles. The minimum absolute atomic E-state index is 0.0315. The number of primary amides is 1. The van der Waals surface area contributed by atoms with Gasteiger partial charge in [0.1, 0.15) is 5.75 Å². The summed E-state index contributed by atoms with van der Waals surface area (Å²) in [6, 6.07) is 14.8. The average molecular weight is 352 g/mol. The number of hydrogen-bond acceptors (Lipinski definition) is 3. The van der Waals surface area contributed by atoms with Crippen LogP contribution < -0.4 is 10.5 Å². The SMILES string of the molecule is COc1ccc(CC2CCN(C(=O)c3cccc(C(N)=O)c3)CC2)cc1. The minimum atomic E-state index is -0.516. The van der Waals surface area contributed by atoms with E-state index in [0.29, 0.717) is 17.0 Å². The Kier molecular flexibility index (Phi) is 5.56. The Hall–Kier alpha value is -2.82. The van der Waals surface area contributed by atoms with Gasteiger partial charge in [0.25, 0.3) is 5.91 Å². The standard InChI is InChI=1S/C21H24N2O3/c1-26-19-7-5-15(6-8-19)13-16-9-11-23(12-10-16)21(25)18-4-2-3-17(14-18)20(22)24/h2-8,14,16H,9-13H2,1H3,(H2,22,24). The summed E-state index contributed by atoms with van der Waals surface area (Å²) in [6.45, 7) is 1.47. The van der Waals surface area contributed by atoms with Gasteiger partial charge >= 0.3 is 0 Å². The third-order valence-corrected chi connectivity index (χ3v) is 4.98. The van der Waals surface area contributed by atoms with Crippen LogP contribution in [0.5, 0.6) is 5.75 Å². The van der Waals surface area contributed by atoms with Crippen molar-refractivity contribution >= 4 is 11.8 Å². The molecule has 0 aliphatic carbocycles. The summed E-state index contributed by atoms with van der Waals surface area (Å²) in [5.41, 5.74) is 7.48. The van der Waals surface area contributed by atoms with Crippen LogP contribution >= 0.6 is 0 Å². The lowest BCUT2D eigenvalue weighted by atomic mass is 9.90. The zero-order chi connectivity index (χ0) is 18.5. The average Bonchev–Trinajstić information content (AvgIpc) is 2.68. The minimum Gasteiger partial charge on any atom is -0.497 e. The molecule has 0 saturated carbocycles. The second-order valence-corrected chi connectivity index (χ2v) is 6.73. The summed E-state index contributed by atoms with van der Waals surface area (Å²) >= 11 is 0. The Morgan fingerprint density at radius 1 is 1.08 bits per heavy atom. The molecular weight excluding hydrogens is 328 g/mol. The highest BCUT2D eigenvalue weighted by Gasteiger charge is 2.24. The molecular formula is C21H24N2O3. The number of ether oxygens (including phenoxy) is 1. The van der Waals surface area contributed by atoms with E-state index < -0.39 is 5.91 Å². The van der Waals surface area contributed by atoms with Gasteiger partial charge in [-0.3, -0.25) is 9.59 Å². The molecule has 26 heavy (non-hydrogen) atoms. The molecule has 0 spiro atoms. The van der Waals surface area contributed by atoms with Crippen molar-refractivity contribution in [2.24, 2.45) is 11.7 Å². The first-order valence-electron chi connectivity index (χ1n) is 8.89. The highest BCUT2D eigenvalue weighted by Crippen LogP contribution is 2.24. The lowest BCUT2D eigenvalue weighted by Crippen LogP contribution is -2.39. The third-order valence-electron chi connectivity index (χ3n) is 4.98. The van der Waals surface area contributed by atoms with Gasteiger partial charge in [-0.05, 0) is 61.1 Å². The molecule has 0 unspecified atom stereocenters. The first-order valence-corrected chi connectivity index (χ1v) is 8.89. The highest BCUT2D eigenvalue weighted by atomic mass is 16.5. The molecule has 1 fully saturated rings. The maximum absolute atomic E-state index is 12.7. The molecule has 1 saturated heterocycles. The summed E-state index contributed by atoms with van der Waals surface area (Å²) in [5.74, 6) is 0.894. The van der Waals surface area contributed by atoms with Crippen molar-refractivity contribution in [3.05, 3.63) is 65.2 Å². The van der Waals surface area contributed by atoms with Gasteiger partial charge in [-0.1, -0.05) is 18.2 Å². The van der Waals surface area contributed by atoms with Gasteiger partial charge in [-0.2, -0.15) is 0 Å². The van der Waals surface area contributed by atoms with Crippen molar-refractivity contribution in [3.8, 4) is 5.75 Å².